The molecule has 0 aliphatic carbocycles. The predicted molar refractivity (Wildman–Crippen MR) is 111 cm³/mol. The summed E-state index contributed by atoms with van der Waals surface area (Å²) in [5.74, 6) is 1.17. The summed E-state index contributed by atoms with van der Waals surface area (Å²) in [6.07, 6.45) is 1.28. The molecule has 3 aromatic carbocycles. The Morgan fingerprint density at radius 1 is 1.00 bits per heavy atom. The summed E-state index contributed by atoms with van der Waals surface area (Å²) in [5, 5.41) is 11.1. The van der Waals surface area contributed by atoms with Crippen LogP contribution < -0.4 is 14.9 Å². The van der Waals surface area contributed by atoms with Gasteiger partial charge in [-0.2, -0.15) is 0 Å². The van der Waals surface area contributed by atoms with E-state index in [1.807, 2.05) is 25.1 Å². The fraction of sp³-hybridized carbons (Fsp3) is 0.0870. The number of hydrogen-bond acceptors (Lipinski definition) is 6. The lowest BCUT2D eigenvalue weighted by Crippen LogP contribution is -2.05. The molecular formula is C23H17NO6. The zero-order chi connectivity index (χ0) is 21.1. The van der Waals surface area contributed by atoms with Gasteiger partial charge in [-0.25, -0.2) is 0 Å². The van der Waals surface area contributed by atoms with Gasteiger partial charge in [0.05, 0.1) is 10.3 Å². The van der Waals surface area contributed by atoms with Crippen LogP contribution in [0.3, 0.4) is 0 Å². The van der Waals surface area contributed by atoms with E-state index in [9.17, 15) is 14.9 Å². The number of benzene rings is 3. The number of nitro groups is 1. The first-order valence-corrected chi connectivity index (χ1v) is 9.16. The molecule has 4 rings (SSSR count). The van der Waals surface area contributed by atoms with Gasteiger partial charge in [0.15, 0.2) is 0 Å². The van der Waals surface area contributed by atoms with E-state index in [0.29, 0.717) is 22.5 Å². The molecule has 7 nitrogen and oxygen atoms in total. The first-order chi connectivity index (χ1) is 14.5. The molecule has 0 fully saturated rings. The van der Waals surface area contributed by atoms with Crippen LogP contribution in [-0.2, 0) is 6.61 Å². The molecule has 150 valence electrons. The maximum absolute atomic E-state index is 12.7. The largest absolute Gasteiger partial charge is 0.489 e. The van der Waals surface area contributed by atoms with Crippen LogP contribution in [-0.4, -0.2) is 4.92 Å². The lowest BCUT2D eigenvalue weighted by atomic mass is 10.2. The third-order valence-corrected chi connectivity index (χ3v) is 4.48. The van der Waals surface area contributed by atoms with Crippen LogP contribution in [0.1, 0.15) is 11.1 Å². The molecule has 1 aromatic heterocycles. The molecule has 7 heteroatoms. The first-order valence-electron chi connectivity index (χ1n) is 9.16. The summed E-state index contributed by atoms with van der Waals surface area (Å²) in [4.78, 5) is 23.0. The molecule has 0 saturated carbocycles. The van der Waals surface area contributed by atoms with Gasteiger partial charge in [0, 0.05) is 18.2 Å². The molecule has 4 aromatic rings. The Labute approximate surface area is 171 Å². The molecule has 0 spiro atoms. The number of ether oxygens (including phenoxy) is 2. The highest BCUT2D eigenvalue weighted by atomic mass is 16.6. The van der Waals surface area contributed by atoms with E-state index in [-0.39, 0.29) is 23.5 Å². The molecule has 0 bridgehead atoms. The summed E-state index contributed by atoms with van der Waals surface area (Å²) in [7, 11) is 0. The van der Waals surface area contributed by atoms with Gasteiger partial charge < -0.3 is 13.9 Å². The van der Waals surface area contributed by atoms with E-state index in [1.165, 1.54) is 18.4 Å². The second kappa shape index (κ2) is 8.08. The van der Waals surface area contributed by atoms with Crippen LogP contribution in [0.2, 0.25) is 0 Å². The Hall–Kier alpha value is -4.13. The van der Waals surface area contributed by atoms with Gasteiger partial charge in [-0.3, -0.25) is 14.9 Å². The zero-order valence-corrected chi connectivity index (χ0v) is 16.0. The van der Waals surface area contributed by atoms with Crippen molar-refractivity contribution < 1.29 is 18.8 Å². The highest BCUT2D eigenvalue weighted by molar-refractivity contribution is 5.79. The van der Waals surface area contributed by atoms with Gasteiger partial charge in [0.1, 0.15) is 30.0 Å². The fourth-order valence-corrected chi connectivity index (χ4v) is 2.94. The number of aryl methyl sites for hydroxylation is 1. The SMILES string of the molecule is Cc1cccc(Oc2coc3cc(OCc4ccc([N+](=O)[O-])cc4)ccc3c2=O)c1. The summed E-state index contributed by atoms with van der Waals surface area (Å²) in [6, 6.07) is 18.4. The number of nitrogens with zero attached hydrogens (tertiary/aromatic N) is 1. The predicted octanol–water partition coefficient (Wildman–Crippen LogP) is 5.38. The van der Waals surface area contributed by atoms with Crippen molar-refractivity contribution in [3.63, 3.8) is 0 Å². The summed E-state index contributed by atoms with van der Waals surface area (Å²) < 4.78 is 17.0. The highest BCUT2D eigenvalue weighted by Gasteiger charge is 2.11. The van der Waals surface area contributed by atoms with Gasteiger partial charge in [-0.1, -0.05) is 12.1 Å². The number of fused-ring (bicyclic) bond motifs is 1. The maximum atomic E-state index is 12.7. The van der Waals surface area contributed by atoms with Crippen LogP contribution in [0.25, 0.3) is 11.0 Å². The number of non-ortho nitro benzene ring substituents is 1. The van der Waals surface area contributed by atoms with E-state index >= 15 is 0 Å². The van der Waals surface area contributed by atoms with E-state index in [2.05, 4.69) is 0 Å². The highest BCUT2D eigenvalue weighted by Crippen LogP contribution is 2.25. The molecule has 1 heterocycles. The Kier molecular flexibility index (Phi) is 5.17. The normalized spacial score (nSPS) is 10.7. The molecule has 0 aliphatic rings. The van der Waals surface area contributed by atoms with Gasteiger partial charge in [-0.15, -0.1) is 0 Å². The van der Waals surface area contributed by atoms with Gasteiger partial charge in [0.2, 0.25) is 11.2 Å². The van der Waals surface area contributed by atoms with Gasteiger partial charge in [0.25, 0.3) is 5.69 Å². The van der Waals surface area contributed by atoms with Crippen molar-refractivity contribution >= 4 is 16.7 Å². The van der Waals surface area contributed by atoms with Crippen LogP contribution in [0.15, 0.2) is 82.2 Å². The minimum atomic E-state index is -0.451. The van der Waals surface area contributed by atoms with E-state index in [0.717, 1.165) is 11.1 Å². The Morgan fingerprint density at radius 3 is 2.53 bits per heavy atom. The minimum Gasteiger partial charge on any atom is -0.489 e. The molecule has 0 radical (unpaired) electrons. The second-order valence-electron chi connectivity index (χ2n) is 6.72. The topological polar surface area (TPSA) is 91.8 Å². The molecule has 0 amide bonds. The van der Waals surface area contributed by atoms with E-state index in [4.69, 9.17) is 13.9 Å². The summed E-state index contributed by atoms with van der Waals surface area (Å²) in [5.41, 5.74) is 1.92. The number of rotatable bonds is 6. The molecule has 0 atom stereocenters. The van der Waals surface area contributed by atoms with Crippen LogP contribution in [0.5, 0.6) is 17.2 Å². The van der Waals surface area contributed by atoms with E-state index in [1.54, 1.807) is 36.4 Å². The number of hydrogen-bond donors (Lipinski definition) is 0. The summed E-state index contributed by atoms with van der Waals surface area (Å²) in [6.45, 7) is 2.16. The van der Waals surface area contributed by atoms with Crippen molar-refractivity contribution in [3.05, 3.63) is 104 Å². The molecule has 30 heavy (non-hydrogen) atoms. The molecule has 0 saturated heterocycles. The molecule has 0 aliphatic heterocycles. The Balaban J connectivity index is 1.51. The third-order valence-electron chi connectivity index (χ3n) is 4.48. The Bertz CT molecular complexity index is 1280. The fourth-order valence-electron chi connectivity index (χ4n) is 2.94. The van der Waals surface area contributed by atoms with Crippen LogP contribution in [0, 0.1) is 17.0 Å². The minimum absolute atomic E-state index is 0.0231. The zero-order valence-electron chi connectivity index (χ0n) is 16.0. The average Bonchev–Trinajstić information content (AvgIpc) is 2.74. The lowest BCUT2D eigenvalue weighted by molar-refractivity contribution is -0.384. The van der Waals surface area contributed by atoms with Crippen molar-refractivity contribution in [1.29, 1.82) is 0 Å². The first kappa shape index (κ1) is 19.2. The van der Waals surface area contributed by atoms with Crippen molar-refractivity contribution in [1.82, 2.24) is 0 Å². The molecule has 0 unspecified atom stereocenters. The molecular weight excluding hydrogens is 386 g/mol. The summed E-state index contributed by atoms with van der Waals surface area (Å²) >= 11 is 0. The van der Waals surface area contributed by atoms with Gasteiger partial charge >= 0.3 is 0 Å². The second-order valence-corrected chi connectivity index (χ2v) is 6.72. The lowest BCUT2D eigenvalue weighted by Gasteiger charge is -2.08. The molecule has 0 N–H and O–H groups in total. The third kappa shape index (κ3) is 4.15. The average molecular weight is 403 g/mol. The Morgan fingerprint density at radius 2 is 1.80 bits per heavy atom. The smallest absolute Gasteiger partial charge is 0.269 e. The van der Waals surface area contributed by atoms with Gasteiger partial charge in [-0.05, 0) is 54.4 Å². The standard InChI is InChI=1S/C23H17NO6/c1-15-3-2-4-19(11-15)30-22-14-29-21-12-18(9-10-20(21)23(22)25)28-13-16-5-7-17(8-6-16)24(26)27/h2-12,14H,13H2,1H3. The maximum Gasteiger partial charge on any atom is 0.269 e. The van der Waals surface area contributed by atoms with Crippen LogP contribution >= 0.6 is 0 Å². The van der Waals surface area contributed by atoms with Crippen LogP contribution in [0.4, 0.5) is 5.69 Å². The van der Waals surface area contributed by atoms with Crippen molar-refractivity contribution in [2.45, 2.75) is 13.5 Å². The van der Waals surface area contributed by atoms with Crippen molar-refractivity contribution in [2.75, 3.05) is 0 Å². The number of nitro benzene ring substituents is 1. The van der Waals surface area contributed by atoms with Crippen molar-refractivity contribution in [2.24, 2.45) is 0 Å². The van der Waals surface area contributed by atoms with Crippen molar-refractivity contribution in [3.8, 4) is 17.2 Å². The monoisotopic (exact) mass is 403 g/mol. The van der Waals surface area contributed by atoms with E-state index < -0.39 is 4.92 Å². The quantitative estimate of drug-likeness (QED) is 0.317.